The number of carbonyl (C=O) groups is 1. The number of hydrogen-bond donors (Lipinski definition) is 0. The van der Waals surface area contributed by atoms with Gasteiger partial charge < -0.3 is 18.9 Å². The first-order valence-corrected chi connectivity index (χ1v) is 13.2. The summed E-state index contributed by atoms with van der Waals surface area (Å²) in [6.07, 6.45) is 1.82. The third kappa shape index (κ3) is 5.52. The lowest BCUT2D eigenvalue weighted by Crippen LogP contribution is -2.39. The molecular weight excluding hydrogens is 504 g/mol. The Bertz CT molecular complexity index is 1530. The van der Waals surface area contributed by atoms with E-state index in [1.165, 1.54) is 11.3 Å². The Morgan fingerprint density at radius 1 is 1.11 bits per heavy atom. The average molecular weight is 537 g/mol. The fourth-order valence-electron chi connectivity index (χ4n) is 4.20. The van der Waals surface area contributed by atoms with Gasteiger partial charge in [0.1, 0.15) is 5.75 Å². The minimum atomic E-state index is -0.737. The van der Waals surface area contributed by atoms with Crippen LogP contribution in [0.4, 0.5) is 0 Å². The van der Waals surface area contributed by atoms with Crippen molar-refractivity contribution in [2.75, 3.05) is 27.4 Å². The van der Waals surface area contributed by atoms with E-state index in [9.17, 15) is 9.59 Å². The molecule has 2 aromatic carbocycles. The average Bonchev–Trinajstić information content (AvgIpc) is 3.21. The molecule has 200 valence electrons. The second-order valence-electron chi connectivity index (χ2n) is 9.19. The van der Waals surface area contributed by atoms with Gasteiger partial charge >= 0.3 is 5.97 Å². The summed E-state index contributed by atoms with van der Waals surface area (Å²) in [6.45, 7) is 8.53. The van der Waals surface area contributed by atoms with Crippen molar-refractivity contribution in [3.05, 3.63) is 84.5 Å². The molecule has 0 aliphatic carbocycles. The van der Waals surface area contributed by atoms with E-state index in [0.717, 1.165) is 11.3 Å². The van der Waals surface area contributed by atoms with Crippen LogP contribution in [0.5, 0.6) is 17.2 Å². The molecule has 2 heterocycles. The molecule has 1 aromatic heterocycles. The number of hydrogen-bond acceptors (Lipinski definition) is 8. The van der Waals surface area contributed by atoms with Crippen molar-refractivity contribution < 1.29 is 23.7 Å². The molecule has 0 bridgehead atoms. The third-order valence-electron chi connectivity index (χ3n) is 6.00. The summed E-state index contributed by atoms with van der Waals surface area (Å²) < 4.78 is 24.1. The second kappa shape index (κ2) is 11.7. The highest BCUT2D eigenvalue weighted by Crippen LogP contribution is 2.36. The lowest BCUT2D eigenvalue weighted by molar-refractivity contribution is -0.139. The van der Waals surface area contributed by atoms with Crippen LogP contribution in [0, 0.1) is 5.92 Å². The number of nitrogens with zero attached hydrogens (tertiary/aromatic N) is 2. The number of methoxy groups -OCH3 is 2. The maximum Gasteiger partial charge on any atom is 0.338 e. The molecule has 0 saturated carbocycles. The number of rotatable bonds is 9. The van der Waals surface area contributed by atoms with Gasteiger partial charge in [0.15, 0.2) is 16.3 Å². The van der Waals surface area contributed by atoms with Crippen LogP contribution in [0.1, 0.15) is 44.9 Å². The zero-order chi connectivity index (χ0) is 27.4. The Morgan fingerprint density at radius 2 is 1.82 bits per heavy atom. The largest absolute Gasteiger partial charge is 0.493 e. The molecule has 9 heteroatoms. The highest BCUT2D eigenvalue weighted by atomic mass is 32.1. The van der Waals surface area contributed by atoms with Crippen molar-refractivity contribution in [2.24, 2.45) is 10.9 Å². The van der Waals surface area contributed by atoms with Crippen molar-refractivity contribution in [2.45, 2.75) is 33.7 Å². The summed E-state index contributed by atoms with van der Waals surface area (Å²) in [4.78, 5) is 32.0. The number of fused-ring (bicyclic) bond motifs is 1. The summed E-state index contributed by atoms with van der Waals surface area (Å²) in [5, 5.41) is 0. The quantitative estimate of drug-likeness (QED) is 0.386. The summed E-state index contributed by atoms with van der Waals surface area (Å²) >= 11 is 1.28. The van der Waals surface area contributed by atoms with E-state index in [4.69, 9.17) is 18.9 Å². The van der Waals surface area contributed by atoms with Crippen molar-refractivity contribution >= 4 is 23.4 Å². The second-order valence-corrected chi connectivity index (χ2v) is 10.2. The fraction of sp³-hybridized carbons (Fsp3) is 0.345. The van der Waals surface area contributed by atoms with E-state index in [2.05, 4.69) is 18.8 Å². The molecule has 3 aromatic rings. The Hall–Kier alpha value is -3.85. The van der Waals surface area contributed by atoms with Crippen LogP contribution in [-0.2, 0) is 9.53 Å². The zero-order valence-electron chi connectivity index (χ0n) is 22.4. The van der Waals surface area contributed by atoms with Gasteiger partial charge in [-0.2, -0.15) is 0 Å². The molecule has 1 aliphatic heterocycles. The molecule has 38 heavy (non-hydrogen) atoms. The molecule has 0 radical (unpaired) electrons. The van der Waals surface area contributed by atoms with Gasteiger partial charge in [0.25, 0.3) is 5.56 Å². The number of carbonyl (C=O) groups excluding carboxylic acids is 1. The van der Waals surface area contributed by atoms with Crippen LogP contribution < -0.4 is 29.1 Å². The highest BCUT2D eigenvalue weighted by molar-refractivity contribution is 7.07. The molecule has 4 rings (SSSR count). The van der Waals surface area contributed by atoms with Crippen LogP contribution in [0.25, 0.3) is 6.08 Å². The SMILES string of the molecule is CCOC(=O)C1=C(C)N=c2s/c(=C/c3ccc(OCC(C)C)cc3)c(=O)n2[C@@H]1c1ccc(OC)c(OC)c1. The van der Waals surface area contributed by atoms with E-state index in [0.29, 0.717) is 50.2 Å². The predicted molar refractivity (Wildman–Crippen MR) is 147 cm³/mol. The van der Waals surface area contributed by atoms with E-state index in [1.54, 1.807) is 44.8 Å². The smallest absolute Gasteiger partial charge is 0.338 e. The van der Waals surface area contributed by atoms with Gasteiger partial charge in [-0.3, -0.25) is 9.36 Å². The molecule has 0 N–H and O–H groups in total. The van der Waals surface area contributed by atoms with Gasteiger partial charge in [-0.15, -0.1) is 0 Å². The van der Waals surface area contributed by atoms with Crippen LogP contribution >= 0.6 is 11.3 Å². The minimum Gasteiger partial charge on any atom is -0.493 e. The predicted octanol–water partition coefficient (Wildman–Crippen LogP) is 3.85. The number of thiazole rings is 1. The number of esters is 1. The number of benzene rings is 2. The van der Waals surface area contributed by atoms with Gasteiger partial charge in [0, 0.05) is 0 Å². The van der Waals surface area contributed by atoms with Gasteiger partial charge in [-0.25, -0.2) is 9.79 Å². The Kier molecular flexibility index (Phi) is 8.36. The summed E-state index contributed by atoms with van der Waals surface area (Å²) in [7, 11) is 3.09. The number of allylic oxidation sites excluding steroid dienone is 1. The third-order valence-corrected chi connectivity index (χ3v) is 6.98. The van der Waals surface area contributed by atoms with Gasteiger partial charge in [0.2, 0.25) is 0 Å². The van der Waals surface area contributed by atoms with E-state index in [-0.39, 0.29) is 12.2 Å². The van der Waals surface area contributed by atoms with E-state index < -0.39 is 12.0 Å². The monoisotopic (exact) mass is 536 g/mol. The lowest BCUT2D eigenvalue weighted by atomic mass is 9.95. The molecule has 0 amide bonds. The van der Waals surface area contributed by atoms with Crippen LogP contribution in [0.3, 0.4) is 0 Å². The summed E-state index contributed by atoms with van der Waals surface area (Å²) in [6, 6.07) is 12.2. The molecule has 8 nitrogen and oxygen atoms in total. The van der Waals surface area contributed by atoms with Crippen LogP contribution in [0.2, 0.25) is 0 Å². The minimum absolute atomic E-state index is 0.204. The summed E-state index contributed by atoms with van der Waals surface area (Å²) in [5.74, 6) is 1.73. The Morgan fingerprint density at radius 3 is 2.45 bits per heavy atom. The van der Waals surface area contributed by atoms with Gasteiger partial charge in [0.05, 0.1) is 49.3 Å². The molecule has 0 unspecified atom stereocenters. The first kappa shape index (κ1) is 27.2. The maximum atomic E-state index is 13.8. The molecule has 0 fully saturated rings. The van der Waals surface area contributed by atoms with E-state index in [1.807, 2.05) is 36.4 Å². The normalized spacial score (nSPS) is 15.2. The van der Waals surface area contributed by atoms with Crippen LogP contribution in [-0.4, -0.2) is 38.0 Å². The molecule has 1 atom stereocenters. The number of ether oxygens (including phenoxy) is 4. The van der Waals surface area contributed by atoms with E-state index >= 15 is 0 Å². The van der Waals surface area contributed by atoms with Crippen molar-refractivity contribution in [1.82, 2.24) is 4.57 Å². The first-order chi connectivity index (χ1) is 18.3. The number of aromatic nitrogens is 1. The molecule has 0 spiro atoms. The van der Waals surface area contributed by atoms with Crippen LogP contribution in [0.15, 0.2) is 63.5 Å². The Labute approximate surface area is 225 Å². The molecular formula is C29H32N2O6S. The fourth-order valence-corrected chi connectivity index (χ4v) is 5.25. The molecule has 0 saturated heterocycles. The van der Waals surface area contributed by atoms with Gasteiger partial charge in [-0.1, -0.05) is 43.4 Å². The molecule has 1 aliphatic rings. The maximum absolute atomic E-state index is 13.8. The topological polar surface area (TPSA) is 88.4 Å². The lowest BCUT2D eigenvalue weighted by Gasteiger charge is -2.25. The summed E-state index contributed by atoms with van der Waals surface area (Å²) in [5.41, 5.74) is 2.10. The highest BCUT2D eigenvalue weighted by Gasteiger charge is 2.33. The van der Waals surface area contributed by atoms with Crippen molar-refractivity contribution in [1.29, 1.82) is 0 Å². The van der Waals surface area contributed by atoms with Crippen molar-refractivity contribution in [3.8, 4) is 17.2 Å². The zero-order valence-corrected chi connectivity index (χ0v) is 23.3. The van der Waals surface area contributed by atoms with Gasteiger partial charge in [-0.05, 0) is 61.2 Å². The first-order valence-electron chi connectivity index (χ1n) is 12.4. The standard InChI is InChI=1S/C29H32N2O6S/c1-7-36-28(33)25-18(4)30-29-31(26(25)20-10-13-22(34-5)23(15-20)35-6)27(32)24(38-29)14-19-8-11-21(12-9-19)37-16-17(2)3/h8-15,17,26H,7,16H2,1-6H3/b24-14+/t26-/m1/s1. The Balaban J connectivity index is 1.84. The van der Waals surface area contributed by atoms with Crippen molar-refractivity contribution in [3.63, 3.8) is 0 Å².